The summed E-state index contributed by atoms with van der Waals surface area (Å²) in [5.74, 6) is -2.47. The maximum absolute atomic E-state index is 13.7. The third-order valence-electron chi connectivity index (χ3n) is 8.96. The summed E-state index contributed by atoms with van der Waals surface area (Å²) < 4.78 is 23.5. The molecule has 2 heterocycles. The Balaban J connectivity index is 1.53. The van der Waals surface area contributed by atoms with Crippen molar-refractivity contribution in [2.45, 2.75) is 68.5 Å². The first kappa shape index (κ1) is 29.6. The molecule has 1 saturated heterocycles. The molecule has 1 fully saturated rings. The van der Waals surface area contributed by atoms with Gasteiger partial charge in [0.2, 0.25) is 6.10 Å². The predicted octanol–water partition coefficient (Wildman–Crippen LogP) is 2.41. The van der Waals surface area contributed by atoms with E-state index in [2.05, 4.69) is 4.90 Å². The third kappa shape index (κ3) is 4.61. The molecule has 224 valence electrons. The second-order valence-corrected chi connectivity index (χ2v) is 11.2. The summed E-state index contributed by atoms with van der Waals surface area (Å²) >= 11 is 0. The molecule has 11 nitrogen and oxygen atoms in total. The molecule has 2 aliphatic heterocycles. The first-order chi connectivity index (χ1) is 19.9. The Bertz CT molecular complexity index is 1420. The third-order valence-corrected chi connectivity index (χ3v) is 8.96. The first-order valence-electron chi connectivity index (χ1n) is 13.8. The van der Waals surface area contributed by atoms with Gasteiger partial charge in [0, 0.05) is 23.6 Å². The van der Waals surface area contributed by atoms with Gasteiger partial charge in [-0.15, -0.1) is 0 Å². The van der Waals surface area contributed by atoms with Crippen molar-refractivity contribution in [3.63, 3.8) is 0 Å². The van der Waals surface area contributed by atoms with Crippen LogP contribution in [-0.4, -0.2) is 82.7 Å². The van der Waals surface area contributed by atoms with Crippen molar-refractivity contribution in [3.05, 3.63) is 71.0 Å². The van der Waals surface area contributed by atoms with Gasteiger partial charge < -0.3 is 39.2 Å². The lowest BCUT2D eigenvalue weighted by molar-refractivity contribution is -0.174. The van der Waals surface area contributed by atoms with Crippen molar-refractivity contribution in [3.8, 4) is 11.5 Å². The molecule has 0 aromatic heterocycles. The lowest BCUT2D eigenvalue weighted by Gasteiger charge is -2.58. The van der Waals surface area contributed by atoms with Crippen molar-refractivity contribution in [1.82, 2.24) is 4.90 Å². The van der Waals surface area contributed by atoms with Gasteiger partial charge in [0.15, 0.2) is 23.7 Å². The lowest BCUT2D eigenvalue weighted by Crippen LogP contribution is -2.71. The van der Waals surface area contributed by atoms with E-state index in [0.717, 1.165) is 11.1 Å². The predicted molar refractivity (Wildman–Crippen MR) is 148 cm³/mol. The van der Waals surface area contributed by atoms with Crippen LogP contribution in [0, 0.1) is 6.92 Å². The highest BCUT2D eigenvalue weighted by molar-refractivity contribution is 5.84. The largest absolute Gasteiger partial charge is 0.493 e. The fourth-order valence-corrected chi connectivity index (χ4v) is 6.63. The molecule has 0 unspecified atom stereocenters. The number of likely N-dealkylation sites (tertiary alicyclic amines) is 1. The number of benzene rings is 2. The van der Waals surface area contributed by atoms with E-state index in [4.69, 9.17) is 24.1 Å². The summed E-state index contributed by atoms with van der Waals surface area (Å²) in [6.07, 6.45) is -2.96. The second-order valence-electron chi connectivity index (χ2n) is 11.2. The minimum atomic E-state index is -1.99. The molecule has 1 spiro atoms. The molecule has 0 amide bonds. The van der Waals surface area contributed by atoms with Crippen LogP contribution < -0.4 is 9.47 Å². The Morgan fingerprint density at radius 3 is 2.55 bits per heavy atom. The van der Waals surface area contributed by atoms with Crippen LogP contribution in [0.1, 0.15) is 49.0 Å². The van der Waals surface area contributed by atoms with E-state index >= 15 is 0 Å². The number of hydrogen-bond acceptors (Lipinski definition) is 10. The number of aryl methyl sites for hydroxylation is 1. The number of aliphatic carboxylic acids is 1. The van der Waals surface area contributed by atoms with E-state index in [9.17, 15) is 24.6 Å². The number of aliphatic hydroxyl groups excluding tert-OH is 1. The van der Waals surface area contributed by atoms with E-state index in [1.54, 1.807) is 42.5 Å². The summed E-state index contributed by atoms with van der Waals surface area (Å²) in [5, 5.41) is 31.0. The highest BCUT2D eigenvalue weighted by Gasteiger charge is 2.69. The highest BCUT2D eigenvalue weighted by Crippen LogP contribution is 2.62. The fraction of sp³-hybridized carbons (Fsp3) is 0.452. The summed E-state index contributed by atoms with van der Waals surface area (Å²) in [6.45, 7) is 4.56. The van der Waals surface area contributed by atoms with Crippen molar-refractivity contribution >= 4 is 17.9 Å². The zero-order valence-electron chi connectivity index (χ0n) is 23.9. The van der Waals surface area contributed by atoms with Gasteiger partial charge in [-0.05, 0) is 51.6 Å². The normalized spacial score (nSPS) is 27.7. The highest BCUT2D eigenvalue weighted by atomic mass is 16.6. The fourth-order valence-electron chi connectivity index (χ4n) is 6.63. The lowest BCUT2D eigenvalue weighted by atomic mass is 9.54. The van der Waals surface area contributed by atoms with Crippen LogP contribution in [0.2, 0.25) is 0 Å². The maximum atomic E-state index is 13.7. The Labute approximate surface area is 243 Å². The number of likely N-dealkylation sites (N-methyl/N-ethyl adjacent to an activating group) is 1. The molecule has 0 bridgehead atoms. The number of methoxy groups -OCH3 is 1. The number of ether oxygens (including phenoxy) is 4. The molecule has 2 aromatic carbocycles. The number of aliphatic hydroxyl groups is 2. The maximum Gasteiger partial charge on any atom is 0.357 e. The van der Waals surface area contributed by atoms with E-state index in [1.165, 1.54) is 7.11 Å². The van der Waals surface area contributed by atoms with Crippen LogP contribution in [0.25, 0.3) is 0 Å². The van der Waals surface area contributed by atoms with Gasteiger partial charge in [0.25, 0.3) is 0 Å². The first-order valence-corrected chi connectivity index (χ1v) is 13.8. The van der Waals surface area contributed by atoms with Gasteiger partial charge in [-0.25, -0.2) is 9.59 Å². The van der Waals surface area contributed by atoms with Crippen LogP contribution in [-0.2, 0) is 29.3 Å². The Morgan fingerprint density at radius 2 is 1.88 bits per heavy atom. The number of rotatable bonds is 8. The average Bonchev–Trinajstić information content (AvgIpc) is 3.33. The number of carboxylic acids is 1. The summed E-state index contributed by atoms with van der Waals surface area (Å²) in [6, 6.07) is 11.6. The number of esters is 2. The van der Waals surface area contributed by atoms with Gasteiger partial charge in [0.05, 0.1) is 24.5 Å². The number of carbonyl (C=O) groups excluding carboxylic acids is 2. The molecule has 0 saturated carbocycles. The van der Waals surface area contributed by atoms with Crippen LogP contribution >= 0.6 is 0 Å². The molecule has 0 radical (unpaired) electrons. The molecular weight excluding hydrogens is 546 g/mol. The number of piperidine rings is 1. The quantitative estimate of drug-likeness (QED) is 0.394. The minimum absolute atomic E-state index is 0.164. The molecular formula is C31H35NO10. The van der Waals surface area contributed by atoms with Gasteiger partial charge >= 0.3 is 17.9 Å². The van der Waals surface area contributed by atoms with Gasteiger partial charge in [-0.2, -0.15) is 0 Å². The smallest absolute Gasteiger partial charge is 0.357 e. The monoisotopic (exact) mass is 581 g/mol. The SMILES string of the molecule is COc1ccc(C)c2c1O[C@H]1C(OC(=O)[C@@H](OC(=O)C[C@H](O)C(=O)O)c3ccccc3)=CC[C@@]3(O)[C@@H](C)N(C)CC[C@]213. The molecule has 11 heteroatoms. The summed E-state index contributed by atoms with van der Waals surface area (Å²) in [5.41, 5.74) is -0.235. The number of carboxylic acid groups (broad SMARTS) is 1. The molecule has 6 atom stereocenters. The van der Waals surface area contributed by atoms with Gasteiger partial charge in [-0.3, -0.25) is 4.79 Å². The molecule has 3 aliphatic rings. The molecule has 1 aliphatic carbocycles. The van der Waals surface area contributed by atoms with E-state index in [0.29, 0.717) is 30.0 Å². The van der Waals surface area contributed by atoms with Crippen LogP contribution in [0.3, 0.4) is 0 Å². The van der Waals surface area contributed by atoms with Crippen molar-refractivity contribution in [2.24, 2.45) is 0 Å². The van der Waals surface area contributed by atoms with Crippen LogP contribution in [0.4, 0.5) is 0 Å². The number of fused-ring (bicyclic) bond motifs is 1. The van der Waals surface area contributed by atoms with Gasteiger partial charge in [-0.1, -0.05) is 36.4 Å². The Kier molecular flexibility index (Phi) is 7.78. The molecule has 3 N–H and O–H groups in total. The molecule has 5 rings (SSSR count). The van der Waals surface area contributed by atoms with Crippen molar-refractivity contribution in [1.29, 1.82) is 0 Å². The van der Waals surface area contributed by atoms with Gasteiger partial charge in [0.1, 0.15) is 5.76 Å². The molecule has 42 heavy (non-hydrogen) atoms. The zero-order valence-corrected chi connectivity index (χ0v) is 23.9. The van der Waals surface area contributed by atoms with E-state index in [-0.39, 0.29) is 18.2 Å². The topological polar surface area (TPSA) is 152 Å². The Morgan fingerprint density at radius 1 is 1.17 bits per heavy atom. The van der Waals surface area contributed by atoms with Crippen LogP contribution in [0.15, 0.2) is 54.3 Å². The van der Waals surface area contributed by atoms with Crippen molar-refractivity contribution < 1.29 is 48.7 Å². The second kappa shape index (κ2) is 11.0. The Hall–Kier alpha value is -3.93. The average molecular weight is 582 g/mol. The number of carbonyl (C=O) groups is 3. The standard InChI is InChI=1S/C31H35NO10/c1-17-10-11-21(39-4)26-24(17)30-14-15-32(3)18(2)31(30,38)13-12-22(27(30)42-26)40-29(37)25(19-8-6-5-7-9-19)41-23(34)16-20(33)28(35)36/h5-12,18,20,25,27,33,38H,13-16H2,1-4H3,(H,35,36)/t18-,20+,25+,27+,30+,31-/m1/s1. The van der Waals surface area contributed by atoms with E-state index < -0.39 is 53.7 Å². The number of nitrogens with zero attached hydrogens (tertiary/aromatic N) is 1. The molecule has 2 aromatic rings. The van der Waals surface area contributed by atoms with Crippen molar-refractivity contribution in [2.75, 3.05) is 20.7 Å². The van der Waals surface area contributed by atoms with E-state index in [1.807, 2.05) is 27.0 Å². The zero-order chi connectivity index (χ0) is 30.4. The van der Waals surface area contributed by atoms with Crippen LogP contribution in [0.5, 0.6) is 11.5 Å². The number of hydrogen-bond donors (Lipinski definition) is 3. The summed E-state index contributed by atoms with van der Waals surface area (Å²) in [4.78, 5) is 39.4. The summed E-state index contributed by atoms with van der Waals surface area (Å²) in [7, 11) is 3.49. The minimum Gasteiger partial charge on any atom is -0.493 e.